The molecular formula is C27H28Cl2N4O. The molecule has 5 aromatic rings. The fraction of sp³-hybridized carbons (Fsp3) is 0.185. The third kappa shape index (κ3) is 5.33. The van der Waals surface area contributed by atoms with Crippen molar-refractivity contribution in [2.75, 3.05) is 32.5 Å². The van der Waals surface area contributed by atoms with Gasteiger partial charge in [0.25, 0.3) is 0 Å². The lowest BCUT2D eigenvalue weighted by atomic mass is 10.0. The topological polar surface area (TPSA) is 54.2 Å². The van der Waals surface area contributed by atoms with Crippen molar-refractivity contribution in [3.63, 3.8) is 0 Å². The average Bonchev–Trinajstić information content (AvgIpc) is 3.26. The van der Waals surface area contributed by atoms with Crippen LogP contribution in [-0.4, -0.2) is 42.1 Å². The number of halogens is 2. The third-order valence-corrected chi connectivity index (χ3v) is 5.53. The highest BCUT2D eigenvalue weighted by Crippen LogP contribution is 2.34. The first-order chi connectivity index (χ1) is 15.7. The summed E-state index contributed by atoms with van der Waals surface area (Å²) in [7, 11) is 4.18. The number of para-hydroxylation sites is 2. The van der Waals surface area contributed by atoms with Gasteiger partial charge in [0.05, 0.1) is 5.52 Å². The van der Waals surface area contributed by atoms with Gasteiger partial charge in [-0.25, -0.2) is 9.97 Å². The van der Waals surface area contributed by atoms with E-state index in [2.05, 4.69) is 66.8 Å². The Bertz CT molecular complexity index is 1340. The summed E-state index contributed by atoms with van der Waals surface area (Å²) < 4.78 is 6.10. The number of anilines is 1. The van der Waals surface area contributed by atoms with Gasteiger partial charge >= 0.3 is 0 Å². The van der Waals surface area contributed by atoms with Gasteiger partial charge in [-0.05, 0) is 50.8 Å². The molecule has 0 amide bonds. The number of benzene rings is 3. The summed E-state index contributed by atoms with van der Waals surface area (Å²) in [5, 5.41) is 5.60. The summed E-state index contributed by atoms with van der Waals surface area (Å²) in [6.45, 7) is 1.85. The van der Waals surface area contributed by atoms with E-state index >= 15 is 0 Å². The molecule has 0 saturated carbocycles. The van der Waals surface area contributed by atoms with Crippen molar-refractivity contribution in [2.24, 2.45) is 0 Å². The van der Waals surface area contributed by atoms with E-state index in [4.69, 9.17) is 14.4 Å². The molecule has 3 aromatic carbocycles. The second kappa shape index (κ2) is 11.3. The highest BCUT2D eigenvalue weighted by Gasteiger charge is 2.16. The van der Waals surface area contributed by atoms with E-state index < -0.39 is 0 Å². The summed E-state index contributed by atoms with van der Waals surface area (Å²) in [6, 6.07) is 26.6. The van der Waals surface area contributed by atoms with E-state index in [0.717, 1.165) is 58.3 Å². The lowest BCUT2D eigenvalue weighted by Gasteiger charge is -2.14. The lowest BCUT2D eigenvalue weighted by Crippen LogP contribution is -2.17. The van der Waals surface area contributed by atoms with Gasteiger partial charge in [0.2, 0.25) is 0 Å². The van der Waals surface area contributed by atoms with Crippen LogP contribution in [0.5, 0.6) is 0 Å². The maximum absolute atomic E-state index is 6.10. The summed E-state index contributed by atoms with van der Waals surface area (Å²) >= 11 is 0. The molecule has 0 aliphatic rings. The van der Waals surface area contributed by atoms with Gasteiger partial charge in [-0.3, -0.25) is 0 Å². The quantitative estimate of drug-likeness (QED) is 0.249. The molecule has 34 heavy (non-hydrogen) atoms. The molecule has 5 nitrogen and oxygen atoms in total. The number of aromatic nitrogens is 2. The van der Waals surface area contributed by atoms with E-state index in [1.165, 1.54) is 0 Å². The van der Waals surface area contributed by atoms with Crippen LogP contribution in [0.1, 0.15) is 6.42 Å². The molecular weight excluding hydrogens is 467 g/mol. The third-order valence-electron chi connectivity index (χ3n) is 5.53. The SMILES string of the molecule is CN(C)CCCNc1nc(-c2cc3ccccc3o2)nc2c(-c3ccccc3)cccc12.Cl.Cl. The van der Waals surface area contributed by atoms with Crippen LogP contribution in [-0.2, 0) is 0 Å². The van der Waals surface area contributed by atoms with Crippen molar-refractivity contribution < 1.29 is 4.42 Å². The maximum atomic E-state index is 6.10. The Labute approximate surface area is 212 Å². The number of hydrogen-bond donors (Lipinski definition) is 1. The lowest BCUT2D eigenvalue weighted by molar-refractivity contribution is 0.405. The number of furan rings is 1. The summed E-state index contributed by atoms with van der Waals surface area (Å²) in [6.07, 6.45) is 1.02. The van der Waals surface area contributed by atoms with Gasteiger partial charge in [-0.1, -0.05) is 60.7 Å². The molecule has 0 fully saturated rings. The predicted molar refractivity (Wildman–Crippen MR) is 146 cm³/mol. The molecule has 0 aliphatic carbocycles. The van der Waals surface area contributed by atoms with E-state index in [9.17, 15) is 0 Å². The largest absolute Gasteiger partial charge is 0.453 e. The zero-order valence-electron chi connectivity index (χ0n) is 19.2. The van der Waals surface area contributed by atoms with Gasteiger partial charge in [0.1, 0.15) is 11.4 Å². The van der Waals surface area contributed by atoms with Crippen molar-refractivity contribution in [2.45, 2.75) is 6.42 Å². The van der Waals surface area contributed by atoms with Crippen LogP contribution in [0.25, 0.3) is 44.6 Å². The summed E-state index contributed by atoms with van der Waals surface area (Å²) in [4.78, 5) is 12.1. The van der Waals surface area contributed by atoms with Gasteiger partial charge in [0.15, 0.2) is 11.6 Å². The Kier molecular flexibility index (Phi) is 8.51. The van der Waals surface area contributed by atoms with Gasteiger partial charge in [0, 0.05) is 22.9 Å². The van der Waals surface area contributed by atoms with Gasteiger partial charge in [-0.15, -0.1) is 24.8 Å². The average molecular weight is 495 g/mol. The molecule has 5 rings (SSSR count). The predicted octanol–water partition coefficient (Wildman–Crippen LogP) is 6.92. The second-order valence-corrected chi connectivity index (χ2v) is 8.20. The fourth-order valence-electron chi connectivity index (χ4n) is 3.94. The zero-order chi connectivity index (χ0) is 21.9. The van der Waals surface area contributed by atoms with Crippen LogP contribution in [0.3, 0.4) is 0 Å². The number of nitrogens with one attached hydrogen (secondary N) is 1. The molecule has 0 bridgehead atoms. The van der Waals surface area contributed by atoms with E-state index in [-0.39, 0.29) is 24.8 Å². The number of fused-ring (bicyclic) bond motifs is 2. The minimum atomic E-state index is 0. The first-order valence-corrected chi connectivity index (χ1v) is 10.9. The molecule has 0 aliphatic heterocycles. The molecule has 2 aromatic heterocycles. The minimum Gasteiger partial charge on any atom is -0.453 e. The zero-order valence-corrected chi connectivity index (χ0v) is 20.8. The normalized spacial score (nSPS) is 10.8. The van der Waals surface area contributed by atoms with Crippen molar-refractivity contribution in [3.05, 3.63) is 78.9 Å². The molecule has 0 atom stereocenters. The molecule has 7 heteroatoms. The molecule has 0 radical (unpaired) electrons. The molecule has 2 heterocycles. The second-order valence-electron chi connectivity index (χ2n) is 8.20. The van der Waals surface area contributed by atoms with Crippen LogP contribution >= 0.6 is 24.8 Å². The van der Waals surface area contributed by atoms with Crippen molar-refractivity contribution in [3.8, 4) is 22.7 Å². The molecule has 176 valence electrons. The Morgan fingerprint density at radius 1 is 0.853 bits per heavy atom. The van der Waals surface area contributed by atoms with Crippen molar-refractivity contribution in [1.82, 2.24) is 14.9 Å². The Balaban J connectivity index is 0.00000162. The van der Waals surface area contributed by atoms with E-state index in [1.807, 2.05) is 36.4 Å². The van der Waals surface area contributed by atoms with Crippen LogP contribution in [0.4, 0.5) is 5.82 Å². The minimum absolute atomic E-state index is 0. The highest BCUT2D eigenvalue weighted by molar-refractivity contribution is 6.00. The monoisotopic (exact) mass is 494 g/mol. The van der Waals surface area contributed by atoms with Crippen molar-refractivity contribution >= 4 is 52.5 Å². The van der Waals surface area contributed by atoms with Crippen LogP contribution < -0.4 is 5.32 Å². The Hall–Kier alpha value is -3.12. The number of nitrogens with zero attached hydrogens (tertiary/aromatic N) is 3. The van der Waals surface area contributed by atoms with Gasteiger partial charge in [-0.2, -0.15) is 0 Å². The summed E-state index contributed by atoms with van der Waals surface area (Å²) in [5.41, 5.74) is 3.97. The molecule has 0 spiro atoms. The Morgan fingerprint density at radius 2 is 1.62 bits per heavy atom. The Morgan fingerprint density at radius 3 is 2.38 bits per heavy atom. The van der Waals surface area contributed by atoms with Gasteiger partial charge < -0.3 is 14.6 Å². The first-order valence-electron chi connectivity index (χ1n) is 10.9. The number of hydrogen-bond acceptors (Lipinski definition) is 5. The molecule has 0 unspecified atom stereocenters. The number of rotatable bonds is 7. The van der Waals surface area contributed by atoms with E-state index in [1.54, 1.807) is 0 Å². The smallest absolute Gasteiger partial charge is 0.198 e. The summed E-state index contributed by atoms with van der Waals surface area (Å²) in [5.74, 6) is 2.10. The standard InChI is InChI=1S/C27H26N4O.2ClH/c1-31(2)17-9-16-28-26-22-14-8-13-21(19-10-4-3-5-11-19)25(22)29-27(30-26)24-18-20-12-6-7-15-23(20)32-24;;/h3-8,10-15,18H,9,16-17H2,1-2H3,(H,28,29,30);2*1H. The van der Waals surface area contributed by atoms with Crippen molar-refractivity contribution in [1.29, 1.82) is 0 Å². The molecule has 1 N–H and O–H groups in total. The van der Waals surface area contributed by atoms with Crippen LogP contribution in [0.2, 0.25) is 0 Å². The highest BCUT2D eigenvalue weighted by atomic mass is 35.5. The fourth-order valence-corrected chi connectivity index (χ4v) is 3.94. The van der Waals surface area contributed by atoms with Crippen LogP contribution in [0.15, 0.2) is 83.3 Å². The van der Waals surface area contributed by atoms with Crippen LogP contribution in [0, 0.1) is 0 Å². The first kappa shape index (κ1) is 25.5. The maximum Gasteiger partial charge on any atom is 0.198 e. The van der Waals surface area contributed by atoms with E-state index in [0.29, 0.717) is 11.6 Å². The molecule has 0 saturated heterocycles.